The average Bonchev–Trinajstić information content (AvgIpc) is 2.92. The highest BCUT2D eigenvalue weighted by molar-refractivity contribution is 7.09. The van der Waals surface area contributed by atoms with Gasteiger partial charge in [-0.15, -0.1) is 0 Å². The molecule has 24 heavy (non-hydrogen) atoms. The summed E-state index contributed by atoms with van der Waals surface area (Å²) in [7, 11) is 0. The van der Waals surface area contributed by atoms with Crippen LogP contribution in [0.15, 0.2) is 18.2 Å². The number of nitro benzene ring substituents is 1. The van der Waals surface area contributed by atoms with Gasteiger partial charge in [-0.2, -0.15) is 4.37 Å². The van der Waals surface area contributed by atoms with Crippen LogP contribution in [0.5, 0.6) is 0 Å². The molecule has 1 aliphatic heterocycles. The molecule has 128 valence electrons. The molecule has 0 atom stereocenters. The highest BCUT2D eigenvalue weighted by Crippen LogP contribution is 2.30. The molecular formula is C15H18FN5O2S. The number of aromatic nitrogens is 2. The molecule has 0 saturated carbocycles. The Morgan fingerprint density at radius 3 is 2.75 bits per heavy atom. The van der Waals surface area contributed by atoms with Crippen molar-refractivity contribution in [1.82, 2.24) is 9.36 Å². The zero-order valence-electron chi connectivity index (χ0n) is 13.3. The van der Waals surface area contributed by atoms with E-state index in [0.29, 0.717) is 25.3 Å². The van der Waals surface area contributed by atoms with Crippen molar-refractivity contribution < 1.29 is 9.31 Å². The molecular weight excluding hydrogens is 333 g/mol. The summed E-state index contributed by atoms with van der Waals surface area (Å²) in [4.78, 5) is 19.3. The molecule has 0 N–H and O–H groups in total. The normalized spacial score (nSPS) is 15.4. The van der Waals surface area contributed by atoms with Gasteiger partial charge < -0.3 is 9.80 Å². The van der Waals surface area contributed by atoms with Gasteiger partial charge in [0.25, 0.3) is 5.69 Å². The predicted octanol–water partition coefficient (Wildman–Crippen LogP) is 2.86. The fourth-order valence-corrected chi connectivity index (χ4v) is 3.58. The molecule has 3 rings (SSSR count). The molecule has 1 aliphatic rings. The zero-order valence-corrected chi connectivity index (χ0v) is 14.1. The van der Waals surface area contributed by atoms with E-state index in [1.807, 2.05) is 11.8 Å². The first-order valence-electron chi connectivity index (χ1n) is 7.85. The highest BCUT2D eigenvalue weighted by atomic mass is 32.1. The summed E-state index contributed by atoms with van der Waals surface area (Å²) in [6, 6.07) is 3.74. The van der Waals surface area contributed by atoms with E-state index in [1.54, 1.807) is 0 Å². The van der Waals surface area contributed by atoms with Gasteiger partial charge in [-0.05, 0) is 18.6 Å². The number of hydrogen-bond acceptors (Lipinski definition) is 7. The Morgan fingerprint density at radius 1 is 1.29 bits per heavy atom. The Labute approximate surface area is 143 Å². The molecule has 1 aromatic heterocycles. The van der Waals surface area contributed by atoms with Crippen LogP contribution in [0.4, 0.5) is 20.9 Å². The number of rotatable bonds is 4. The lowest BCUT2D eigenvalue weighted by molar-refractivity contribution is -0.384. The maximum atomic E-state index is 13.3. The topological polar surface area (TPSA) is 75.4 Å². The van der Waals surface area contributed by atoms with Crippen molar-refractivity contribution in [3.8, 4) is 0 Å². The van der Waals surface area contributed by atoms with Crippen molar-refractivity contribution in [2.24, 2.45) is 0 Å². The standard InChI is InChI=1S/C15H18FN5O2S/c1-2-14-17-15(24-18-14)20-7-3-6-19(8-9-20)12-5-4-11(16)10-13(12)21(22)23/h4-5,10H,2-3,6-9H2,1H3. The lowest BCUT2D eigenvalue weighted by atomic mass is 10.2. The van der Waals surface area contributed by atoms with Crippen molar-refractivity contribution in [2.75, 3.05) is 36.0 Å². The summed E-state index contributed by atoms with van der Waals surface area (Å²) in [5.74, 6) is 0.244. The van der Waals surface area contributed by atoms with Gasteiger partial charge in [-0.25, -0.2) is 9.37 Å². The second kappa shape index (κ2) is 7.08. The molecule has 7 nitrogen and oxygen atoms in total. The largest absolute Gasteiger partial charge is 0.364 e. The van der Waals surface area contributed by atoms with Crippen LogP contribution in [0, 0.1) is 15.9 Å². The molecule has 1 fully saturated rings. The second-order valence-electron chi connectivity index (χ2n) is 5.56. The number of nitro groups is 1. The van der Waals surface area contributed by atoms with Crippen LogP contribution >= 0.6 is 11.5 Å². The van der Waals surface area contributed by atoms with E-state index < -0.39 is 10.7 Å². The van der Waals surface area contributed by atoms with Gasteiger partial charge in [0.2, 0.25) is 5.13 Å². The molecule has 0 amide bonds. The highest BCUT2D eigenvalue weighted by Gasteiger charge is 2.24. The number of halogens is 1. The van der Waals surface area contributed by atoms with Crippen LogP contribution in [0.25, 0.3) is 0 Å². The zero-order chi connectivity index (χ0) is 17.1. The lowest BCUT2D eigenvalue weighted by Gasteiger charge is -2.23. The summed E-state index contributed by atoms with van der Waals surface area (Å²) >= 11 is 1.39. The van der Waals surface area contributed by atoms with E-state index in [4.69, 9.17) is 0 Å². The van der Waals surface area contributed by atoms with E-state index in [1.165, 1.54) is 23.7 Å². The minimum absolute atomic E-state index is 0.187. The number of hydrogen-bond donors (Lipinski definition) is 0. The molecule has 0 radical (unpaired) electrons. The first-order chi connectivity index (χ1) is 11.6. The molecule has 0 bridgehead atoms. The third-order valence-corrected chi connectivity index (χ3v) is 4.83. The third-order valence-electron chi connectivity index (χ3n) is 4.01. The van der Waals surface area contributed by atoms with Crippen LogP contribution in [0.2, 0.25) is 0 Å². The van der Waals surface area contributed by atoms with Gasteiger partial charge in [0.15, 0.2) is 0 Å². The fourth-order valence-electron chi connectivity index (χ4n) is 2.78. The van der Waals surface area contributed by atoms with Gasteiger partial charge in [-0.3, -0.25) is 10.1 Å². The van der Waals surface area contributed by atoms with Crippen molar-refractivity contribution in [2.45, 2.75) is 19.8 Å². The van der Waals surface area contributed by atoms with Crippen LogP contribution in [0.3, 0.4) is 0 Å². The molecule has 9 heteroatoms. The maximum absolute atomic E-state index is 13.3. The molecule has 0 unspecified atom stereocenters. The van der Waals surface area contributed by atoms with E-state index in [-0.39, 0.29) is 5.69 Å². The molecule has 0 spiro atoms. The lowest BCUT2D eigenvalue weighted by Crippen LogP contribution is -2.31. The van der Waals surface area contributed by atoms with Crippen LogP contribution in [-0.4, -0.2) is 40.5 Å². The Morgan fingerprint density at radius 2 is 2.04 bits per heavy atom. The van der Waals surface area contributed by atoms with E-state index in [0.717, 1.165) is 36.4 Å². The summed E-state index contributed by atoms with van der Waals surface area (Å²) in [5, 5.41) is 12.1. The molecule has 0 aliphatic carbocycles. The van der Waals surface area contributed by atoms with E-state index in [9.17, 15) is 14.5 Å². The molecule has 1 aromatic carbocycles. The quantitative estimate of drug-likeness (QED) is 0.623. The fraction of sp³-hybridized carbons (Fsp3) is 0.467. The predicted molar refractivity (Wildman–Crippen MR) is 91.4 cm³/mol. The monoisotopic (exact) mass is 351 g/mol. The first kappa shape index (κ1) is 16.6. The number of benzene rings is 1. The summed E-state index contributed by atoms with van der Waals surface area (Å²) in [6.07, 6.45) is 1.65. The van der Waals surface area contributed by atoms with Gasteiger partial charge >= 0.3 is 0 Å². The second-order valence-corrected chi connectivity index (χ2v) is 6.29. The molecule has 1 saturated heterocycles. The minimum Gasteiger partial charge on any atom is -0.364 e. The van der Waals surface area contributed by atoms with E-state index in [2.05, 4.69) is 14.3 Å². The smallest absolute Gasteiger partial charge is 0.295 e. The summed E-state index contributed by atoms with van der Waals surface area (Å²) in [5.41, 5.74) is 0.280. The maximum Gasteiger partial charge on any atom is 0.295 e. The SMILES string of the molecule is CCc1nsc(N2CCCN(c3ccc(F)cc3[N+](=O)[O-])CC2)n1. The third kappa shape index (κ3) is 3.45. The number of anilines is 2. The van der Waals surface area contributed by atoms with Gasteiger partial charge in [-0.1, -0.05) is 6.92 Å². The van der Waals surface area contributed by atoms with Crippen molar-refractivity contribution >= 4 is 28.0 Å². The van der Waals surface area contributed by atoms with E-state index >= 15 is 0 Å². The molecule has 2 aromatic rings. The Bertz CT molecular complexity index is 738. The van der Waals surface area contributed by atoms with Crippen molar-refractivity contribution in [3.05, 3.63) is 40.0 Å². The Balaban J connectivity index is 1.77. The van der Waals surface area contributed by atoms with Crippen LogP contribution in [0.1, 0.15) is 19.2 Å². The Hall–Kier alpha value is -2.29. The first-order valence-corrected chi connectivity index (χ1v) is 8.62. The van der Waals surface area contributed by atoms with Gasteiger partial charge in [0, 0.05) is 44.1 Å². The molecule has 2 heterocycles. The van der Waals surface area contributed by atoms with Gasteiger partial charge in [0.05, 0.1) is 11.0 Å². The minimum atomic E-state index is -0.595. The summed E-state index contributed by atoms with van der Waals surface area (Å²) < 4.78 is 17.6. The Kier molecular flexibility index (Phi) is 4.89. The van der Waals surface area contributed by atoms with Crippen LogP contribution in [-0.2, 0) is 6.42 Å². The summed E-state index contributed by atoms with van der Waals surface area (Å²) in [6.45, 7) is 4.84. The van der Waals surface area contributed by atoms with Crippen molar-refractivity contribution in [1.29, 1.82) is 0 Å². The van der Waals surface area contributed by atoms with Crippen LogP contribution < -0.4 is 9.80 Å². The number of aryl methyl sites for hydroxylation is 1. The average molecular weight is 351 g/mol. The van der Waals surface area contributed by atoms with Crippen molar-refractivity contribution in [3.63, 3.8) is 0 Å². The number of nitrogens with zero attached hydrogens (tertiary/aromatic N) is 5. The van der Waals surface area contributed by atoms with Gasteiger partial charge in [0.1, 0.15) is 17.3 Å².